The zero-order valence-corrected chi connectivity index (χ0v) is 9.22. The van der Waals surface area contributed by atoms with Gasteiger partial charge in [0.15, 0.2) is 0 Å². The fraction of sp³-hybridized carbons (Fsp3) is 0.500. The van der Waals surface area contributed by atoms with Gasteiger partial charge in [0.1, 0.15) is 32.0 Å². The Labute approximate surface area is 95.6 Å². The summed E-state index contributed by atoms with van der Waals surface area (Å²) < 4.78 is 10.5. The van der Waals surface area contributed by atoms with Crippen molar-refractivity contribution in [3.05, 3.63) is 35.5 Å². The molecule has 16 heavy (non-hydrogen) atoms. The zero-order valence-electron chi connectivity index (χ0n) is 9.22. The number of hydrogen-bond acceptors (Lipinski definition) is 3. The second kappa shape index (κ2) is 5.30. The first-order valence-corrected chi connectivity index (χ1v) is 5.52. The maximum atomic E-state index is 12.1. The summed E-state index contributed by atoms with van der Waals surface area (Å²) in [6, 6.07) is 10.3. The fourth-order valence-corrected chi connectivity index (χ4v) is 1.70. The highest BCUT2D eigenvalue weighted by Gasteiger charge is 2.20. The van der Waals surface area contributed by atoms with E-state index in [2.05, 4.69) is 6.07 Å². The number of quaternary nitrogens is 1. The average molecular weight is 222 g/mol. The van der Waals surface area contributed by atoms with Crippen LogP contribution in [-0.2, 0) is 4.74 Å². The number of morpholine rings is 1. The predicted molar refractivity (Wildman–Crippen MR) is 59.8 cm³/mol. The van der Waals surface area contributed by atoms with Crippen molar-refractivity contribution in [3.8, 4) is 5.75 Å². The summed E-state index contributed by atoms with van der Waals surface area (Å²) in [5.74, 6) is 0.766. The lowest BCUT2D eigenvalue weighted by Crippen LogP contribution is -2.52. The summed E-state index contributed by atoms with van der Waals surface area (Å²) >= 11 is 0. The van der Waals surface area contributed by atoms with Crippen LogP contribution in [0.1, 0.15) is 0 Å². The molecule has 2 rings (SSSR count). The van der Waals surface area contributed by atoms with Gasteiger partial charge in [0.25, 0.3) is 0 Å². The molecule has 0 spiro atoms. The normalized spacial score (nSPS) is 19.3. The van der Waals surface area contributed by atoms with Crippen LogP contribution in [-0.4, -0.2) is 44.1 Å². The van der Waals surface area contributed by atoms with Crippen LogP contribution in [0.3, 0.4) is 0 Å². The van der Waals surface area contributed by atoms with Crippen molar-refractivity contribution in [2.75, 3.05) is 39.5 Å². The third kappa shape index (κ3) is 3.20. The minimum Gasteiger partial charge on any atom is -0.633 e. The van der Waals surface area contributed by atoms with Gasteiger partial charge in [-0.3, -0.25) is 0 Å². The molecule has 0 amide bonds. The van der Waals surface area contributed by atoms with E-state index in [9.17, 15) is 5.21 Å². The van der Waals surface area contributed by atoms with Crippen molar-refractivity contribution in [1.82, 2.24) is 0 Å². The van der Waals surface area contributed by atoms with Gasteiger partial charge in [0, 0.05) is 0 Å². The fourth-order valence-electron chi connectivity index (χ4n) is 1.70. The van der Waals surface area contributed by atoms with Gasteiger partial charge < -0.3 is 19.3 Å². The Bertz CT molecular complexity index is 309. The highest BCUT2D eigenvalue weighted by molar-refractivity contribution is 5.19. The summed E-state index contributed by atoms with van der Waals surface area (Å²) in [7, 11) is 0. The molecule has 4 nitrogen and oxygen atoms in total. The SMILES string of the molecule is [O-][N+]1(CCOc2c[c]ccc2)CCOCC1. The summed E-state index contributed by atoms with van der Waals surface area (Å²) in [6.07, 6.45) is 0. The van der Waals surface area contributed by atoms with E-state index in [1.165, 1.54) is 0 Å². The first-order chi connectivity index (χ1) is 7.79. The van der Waals surface area contributed by atoms with Crippen LogP contribution in [0.5, 0.6) is 5.75 Å². The molecule has 1 aromatic rings. The molecule has 0 N–H and O–H groups in total. The molecule has 4 heteroatoms. The van der Waals surface area contributed by atoms with E-state index in [1.807, 2.05) is 18.2 Å². The van der Waals surface area contributed by atoms with E-state index in [1.54, 1.807) is 6.07 Å². The Hall–Kier alpha value is -1.10. The van der Waals surface area contributed by atoms with Gasteiger partial charge in [0.2, 0.25) is 0 Å². The zero-order chi connectivity index (χ0) is 11.3. The topological polar surface area (TPSA) is 41.5 Å². The van der Waals surface area contributed by atoms with Gasteiger partial charge in [-0.15, -0.1) is 0 Å². The number of ether oxygens (including phenoxy) is 2. The van der Waals surface area contributed by atoms with Crippen LogP contribution >= 0.6 is 0 Å². The summed E-state index contributed by atoms with van der Waals surface area (Å²) in [5, 5.41) is 12.1. The van der Waals surface area contributed by atoms with Crippen LogP contribution in [0.4, 0.5) is 0 Å². The predicted octanol–water partition coefficient (Wildman–Crippen LogP) is 1.21. The minimum absolute atomic E-state index is 0.198. The van der Waals surface area contributed by atoms with E-state index in [-0.39, 0.29) is 4.65 Å². The van der Waals surface area contributed by atoms with Crippen LogP contribution in [0.25, 0.3) is 0 Å². The van der Waals surface area contributed by atoms with E-state index >= 15 is 0 Å². The van der Waals surface area contributed by atoms with Crippen molar-refractivity contribution >= 4 is 0 Å². The lowest BCUT2D eigenvalue weighted by Gasteiger charge is -2.44. The second-order valence-electron chi connectivity index (χ2n) is 3.93. The Morgan fingerprint density at radius 1 is 1.44 bits per heavy atom. The highest BCUT2D eigenvalue weighted by atomic mass is 16.6. The van der Waals surface area contributed by atoms with Crippen molar-refractivity contribution < 1.29 is 14.1 Å². The number of hydroxylamine groups is 3. The third-order valence-corrected chi connectivity index (χ3v) is 2.73. The molecular weight excluding hydrogens is 206 g/mol. The van der Waals surface area contributed by atoms with E-state index in [0.717, 1.165) is 5.75 Å². The van der Waals surface area contributed by atoms with Crippen LogP contribution in [0.2, 0.25) is 0 Å². The maximum absolute atomic E-state index is 12.1. The molecule has 0 unspecified atom stereocenters. The van der Waals surface area contributed by atoms with Crippen molar-refractivity contribution in [2.24, 2.45) is 0 Å². The number of benzene rings is 1. The van der Waals surface area contributed by atoms with Gasteiger partial charge in [0.05, 0.1) is 13.2 Å². The minimum atomic E-state index is -0.198. The number of rotatable bonds is 4. The Balaban J connectivity index is 1.75. The van der Waals surface area contributed by atoms with Crippen LogP contribution in [0.15, 0.2) is 24.3 Å². The molecule has 1 aliphatic heterocycles. The molecule has 1 heterocycles. The van der Waals surface area contributed by atoms with Crippen LogP contribution in [0, 0.1) is 11.3 Å². The molecule has 1 aromatic carbocycles. The monoisotopic (exact) mass is 222 g/mol. The standard InChI is InChI=1S/C12H16NO3/c14-13(6-9-15-10-7-13)8-11-16-12-4-2-1-3-5-12/h1-2,4-5H,6-11H2. The van der Waals surface area contributed by atoms with Crippen molar-refractivity contribution in [1.29, 1.82) is 0 Å². The van der Waals surface area contributed by atoms with Gasteiger partial charge in [-0.1, -0.05) is 12.1 Å². The molecule has 0 bridgehead atoms. The van der Waals surface area contributed by atoms with Gasteiger partial charge in [-0.05, 0) is 18.2 Å². The summed E-state index contributed by atoms with van der Waals surface area (Å²) in [5.41, 5.74) is 0. The lowest BCUT2D eigenvalue weighted by atomic mass is 10.3. The molecule has 0 aliphatic carbocycles. The quantitative estimate of drug-likeness (QED) is 0.568. The molecular formula is C12H16NO3. The summed E-state index contributed by atoms with van der Waals surface area (Å²) in [4.78, 5) is 0. The molecule has 0 aromatic heterocycles. The van der Waals surface area contributed by atoms with Crippen LogP contribution < -0.4 is 4.74 Å². The Kier molecular flexibility index (Phi) is 3.77. The number of nitrogens with zero attached hydrogens (tertiary/aromatic N) is 1. The number of hydrogen-bond donors (Lipinski definition) is 0. The average Bonchev–Trinajstić information content (AvgIpc) is 2.31. The molecule has 1 saturated heterocycles. The Morgan fingerprint density at radius 2 is 2.25 bits per heavy atom. The van der Waals surface area contributed by atoms with Crippen molar-refractivity contribution in [3.63, 3.8) is 0 Å². The third-order valence-electron chi connectivity index (χ3n) is 2.73. The maximum Gasteiger partial charge on any atom is 0.137 e. The van der Waals surface area contributed by atoms with E-state index in [4.69, 9.17) is 9.47 Å². The van der Waals surface area contributed by atoms with Gasteiger partial charge in [-0.25, -0.2) is 0 Å². The molecule has 0 atom stereocenters. The van der Waals surface area contributed by atoms with E-state index in [0.29, 0.717) is 39.5 Å². The lowest BCUT2D eigenvalue weighted by molar-refractivity contribution is -0.888. The van der Waals surface area contributed by atoms with Gasteiger partial charge >= 0.3 is 0 Å². The highest BCUT2D eigenvalue weighted by Crippen LogP contribution is 2.11. The Morgan fingerprint density at radius 3 is 2.94 bits per heavy atom. The van der Waals surface area contributed by atoms with Gasteiger partial charge in [-0.2, -0.15) is 0 Å². The summed E-state index contributed by atoms with van der Waals surface area (Å²) in [6.45, 7) is 3.11. The molecule has 0 saturated carbocycles. The molecule has 1 fully saturated rings. The smallest absolute Gasteiger partial charge is 0.137 e. The molecule has 87 valence electrons. The second-order valence-corrected chi connectivity index (χ2v) is 3.93. The van der Waals surface area contributed by atoms with E-state index < -0.39 is 0 Å². The first-order valence-electron chi connectivity index (χ1n) is 5.52. The van der Waals surface area contributed by atoms with Crippen molar-refractivity contribution in [2.45, 2.75) is 0 Å². The molecule has 1 radical (unpaired) electrons. The molecule has 1 aliphatic rings. The first kappa shape index (κ1) is 11.4. The largest absolute Gasteiger partial charge is 0.633 e.